The van der Waals surface area contributed by atoms with Crippen molar-refractivity contribution in [3.8, 4) is 0 Å². The van der Waals surface area contributed by atoms with Gasteiger partial charge >= 0.3 is 0 Å². The van der Waals surface area contributed by atoms with E-state index in [-0.39, 0.29) is 11.1 Å². The van der Waals surface area contributed by atoms with Crippen molar-refractivity contribution in [3.05, 3.63) is 0 Å². The van der Waals surface area contributed by atoms with Crippen LogP contribution >= 0.6 is 11.8 Å². The number of rotatable bonds is 3. The van der Waals surface area contributed by atoms with Crippen molar-refractivity contribution in [3.63, 3.8) is 0 Å². The SMILES string of the molecule is O=C(CCN1CCSC1=O)N1CCNCC1. The summed E-state index contributed by atoms with van der Waals surface area (Å²) in [5.74, 6) is 1.03. The first-order valence-electron chi connectivity index (χ1n) is 5.67. The number of carbonyl (C=O) groups excluding carboxylic acids is 2. The molecule has 2 aliphatic heterocycles. The molecule has 2 aliphatic rings. The number of nitrogens with one attached hydrogen (secondary N) is 1. The molecular formula is C10H17N3O2S. The van der Waals surface area contributed by atoms with E-state index in [0.717, 1.165) is 38.5 Å². The van der Waals surface area contributed by atoms with Gasteiger partial charge in [0.05, 0.1) is 0 Å². The Morgan fingerprint density at radius 3 is 2.69 bits per heavy atom. The molecule has 2 heterocycles. The summed E-state index contributed by atoms with van der Waals surface area (Å²) in [7, 11) is 0. The Hall–Kier alpha value is -0.750. The lowest BCUT2D eigenvalue weighted by Crippen LogP contribution is -2.47. The highest BCUT2D eigenvalue weighted by atomic mass is 32.2. The molecule has 6 heteroatoms. The number of nitrogens with zero attached hydrogens (tertiary/aromatic N) is 2. The Kier molecular flexibility index (Phi) is 4.06. The molecule has 0 bridgehead atoms. The number of carbonyl (C=O) groups is 2. The third-order valence-corrected chi connectivity index (χ3v) is 3.80. The minimum Gasteiger partial charge on any atom is -0.340 e. The zero-order valence-corrected chi connectivity index (χ0v) is 10.1. The van der Waals surface area contributed by atoms with Gasteiger partial charge in [0.2, 0.25) is 5.91 Å². The highest BCUT2D eigenvalue weighted by molar-refractivity contribution is 8.13. The smallest absolute Gasteiger partial charge is 0.281 e. The predicted molar refractivity (Wildman–Crippen MR) is 63.5 cm³/mol. The van der Waals surface area contributed by atoms with Gasteiger partial charge in [-0.25, -0.2) is 0 Å². The highest BCUT2D eigenvalue weighted by Gasteiger charge is 2.23. The van der Waals surface area contributed by atoms with Crippen LogP contribution in [0.2, 0.25) is 0 Å². The lowest BCUT2D eigenvalue weighted by Gasteiger charge is -2.28. The standard InChI is InChI=1S/C10H17N3O2S/c14-9(12-5-2-11-3-6-12)1-4-13-7-8-16-10(13)15/h11H,1-8H2. The number of thioether (sulfide) groups is 1. The molecule has 2 saturated heterocycles. The molecule has 0 radical (unpaired) electrons. The van der Waals surface area contributed by atoms with Crippen LogP contribution in [0.5, 0.6) is 0 Å². The highest BCUT2D eigenvalue weighted by Crippen LogP contribution is 2.17. The van der Waals surface area contributed by atoms with Crippen LogP contribution < -0.4 is 5.32 Å². The molecule has 2 amide bonds. The fourth-order valence-corrected chi connectivity index (χ4v) is 2.78. The van der Waals surface area contributed by atoms with Gasteiger partial charge in [-0.15, -0.1) is 0 Å². The van der Waals surface area contributed by atoms with Crippen molar-refractivity contribution < 1.29 is 9.59 Å². The summed E-state index contributed by atoms with van der Waals surface area (Å²) in [4.78, 5) is 26.8. The summed E-state index contributed by atoms with van der Waals surface area (Å²) in [6.45, 7) is 4.71. The summed E-state index contributed by atoms with van der Waals surface area (Å²) >= 11 is 1.34. The normalized spacial score (nSPS) is 21.6. The van der Waals surface area contributed by atoms with E-state index >= 15 is 0 Å². The Labute approximate surface area is 99.5 Å². The molecule has 0 aliphatic carbocycles. The van der Waals surface area contributed by atoms with E-state index in [1.807, 2.05) is 4.90 Å². The van der Waals surface area contributed by atoms with Crippen molar-refractivity contribution in [2.45, 2.75) is 6.42 Å². The summed E-state index contributed by atoms with van der Waals surface area (Å²) < 4.78 is 0. The van der Waals surface area contributed by atoms with Gasteiger partial charge in [0.15, 0.2) is 0 Å². The Bertz CT molecular complexity index is 279. The average Bonchev–Trinajstić information content (AvgIpc) is 2.73. The second kappa shape index (κ2) is 5.54. The van der Waals surface area contributed by atoms with Crippen molar-refractivity contribution in [1.82, 2.24) is 15.1 Å². The van der Waals surface area contributed by atoms with Crippen LogP contribution in [-0.4, -0.2) is 66.0 Å². The molecule has 0 aromatic heterocycles. The van der Waals surface area contributed by atoms with Crippen molar-refractivity contribution in [2.24, 2.45) is 0 Å². The second-order valence-corrected chi connectivity index (χ2v) is 5.03. The molecule has 0 unspecified atom stereocenters. The molecule has 1 N–H and O–H groups in total. The summed E-state index contributed by atoms with van der Waals surface area (Å²) in [6, 6.07) is 0. The maximum absolute atomic E-state index is 11.8. The fourth-order valence-electron chi connectivity index (χ4n) is 1.93. The number of hydrogen-bond donors (Lipinski definition) is 1. The predicted octanol–water partition coefficient (Wildman–Crippen LogP) is -0.0229. The van der Waals surface area contributed by atoms with Crippen LogP contribution in [0.1, 0.15) is 6.42 Å². The number of piperazine rings is 1. The van der Waals surface area contributed by atoms with Gasteiger partial charge in [-0.05, 0) is 0 Å². The largest absolute Gasteiger partial charge is 0.340 e. The minimum atomic E-state index is 0.119. The fraction of sp³-hybridized carbons (Fsp3) is 0.800. The first-order valence-corrected chi connectivity index (χ1v) is 6.66. The number of hydrogen-bond acceptors (Lipinski definition) is 4. The maximum atomic E-state index is 11.8. The first kappa shape index (κ1) is 11.7. The zero-order valence-electron chi connectivity index (χ0n) is 9.28. The molecule has 0 aromatic rings. The van der Waals surface area contributed by atoms with E-state index in [1.165, 1.54) is 11.8 Å². The van der Waals surface area contributed by atoms with Crippen LogP contribution in [0.15, 0.2) is 0 Å². The van der Waals surface area contributed by atoms with Crippen LogP contribution in [-0.2, 0) is 4.79 Å². The van der Waals surface area contributed by atoms with Gasteiger partial charge in [0, 0.05) is 51.4 Å². The van der Waals surface area contributed by atoms with Gasteiger partial charge in [0.1, 0.15) is 0 Å². The van der Waals surface area contributed by atoms with E-state index in [1.54, 1.807) is 4.90 Å². The maximum Gasteiger partial charge on any atom is 0.281 e. The van der Waals surface area contributed by atoms with E-state index in [9.17, 15) is 9.59 Å². The lowest BCUT2D eigenvalue weighted by atomic mass is 10.3. The third kappa shape index (κ3) is 2.89. The Balaban J connectivity index is 1.72. The monoisotopic (exact) mass is 243 g/mol. The topological polar surface area (TPSA) is 52.7 Å². The zero-order chi connectivity index (χ0) is 11.4. The van der Waals surface area contributed by atoms with Crippen LogP contribution in [0.3, 0.4) is 0 Å². The second-order valence-electron chi connectivity index (χ2n) is 3.98. The van der Waals surface area contributed by atoms with Gasteiger partial charge in [0.25, 0.3) is 5.24 Å². The van der Waals surface area contributed by atoms with E-state index in [0.29, 0.717) is 13.0 Å². The molecule has 0 atom stereocenters. The molecule has 2 rings (SSSR count). The molecule has 0 aromatic carbocycles. The van der Waals surface area contributed by atoms with E-state index in [2.05, 4.69) is 5.32 Å². The lowest BCUT2D eigenvalue weighted by molar-refractivity contribution is -0.131. The Morgan fingerprint density at radius 2 is 2.06 bits per heavy atom. The van der Waals surface area contributed by atoms with Crippen molar-refractivity contribution in [2.75, 3.05) is 45.0 Å². The quantitative estimate of drug-likeness (QED) is 0.757. The minimum absolute atomic E-state index is 0.119. The third-order valence-electron chi connectivity index (χ3n) is 2.91. The molecule has 0 saturated carbocycles. The van der Waals surface area contributed by atoms with Crippen LogP contribution in [0.4, 0.5) is 4.79 Å². The summed E-state index contributed by atoms with van der Waals surface area (Å²) in [5, 5.41) is 3.33. The molecule has 2 fully saturated rings. The summed E-state index contributed by atoms with van der Waals surface area (Å²) in [6.07, 6.45) is 0.465. The summed E-state index contributed by atoms with van der Waals surface area (Å²) in [5.41, 5.74) is 0. The first-order chi connectivity index (χ1) is 7.77. The molecular weight excluding hydrogens is 226 g/mol. The van der Waals surface area contributed by atoms with Gasteiger partial charge in [-0.1, -0.05) is 11.8 Å². The van der Waals surface area contributed by atoms with Gasteiger partial charge < -0.3 is 15.1 Å². The molecule has 5 nitrogen and oxygen atoms in total. The van der Waals surface area contributed by atoms with Crippen molar-refractivity contribution in [1.29, 1.82) is 0 Å². The van der Waals surface area contributed by atoms with Crippen molar-refractivity contribution >= 4 is 22.9 Å². The van der Waals surface area contributed by atoms with Crippen LogP contribution in [0, 0.1) is 0 Å². The molecule has 0 spiro atoms. The molecule has 16 heavy (non-hydrogen) atoms. The van der Waals surface area contributed by atoms with Gasteiger partial charge in [-0.3, -0.25) is 9.59 Å². The van der Waals surface area contributed by atoms with Crippen LogP contribution in [0.25, 0.3) is 0 Å². The van der Waals surface area contributed by atoms with E-state index < -0.39 is 0 Å². The average molecular weight is 243 g/mol. The Morgan fingerprint density at radius 1 is 1.31 bits per heavy atom. The van der Waals surface area contributed by atoms with Gasteiger partial charge in [-0.2, -0.15) is 0 Å². The number of amides is 2. The van der Waals surface area contributed by atoms with E-state index in [4.69, 9.17) is 0 Å². The molecule has 90 valence electrons.